The zero-order chi connectivity index (χ0) is 25.3. The highest BCUT2D eigenvalue weighted by Gasteiger charge is 2.41. The number of rotatable bonds is 5. The van der Waals surface area contributed by atoms with E-state index in [0.29, 0.717) is 5.56 Å². The van der Waals surface area contributed by atoms with Gasteiger partial charge in [0.2, 0.25) is 0 Å². The van der Waals surface area contributed by atoms with Gasteiger partial charge in [0.05, 0.1) is 5.66 Å². The molecule has 0 aliphatic carbocycles. The summed E-state index contributed by atoms with van der Waals surface area (Å²) in [6.45, 7) is 6.57. The summed E-state index contributed by atoms with van der Waals surface area (Å²) >= 11 is 0. The zero-order valence-corrected chi connectivity index (χ0v) is 21.8. The van der Waals surface area contributed by atoms with Crippen LogP contribution in [0.2, 0.25) is 0 Å². The van der Waals surface area contributed by atoms with Gasteiger partial charge in [0.1, 0.15) is 5.75 Å². The first kappa shape index (κ1) is 24.1. The third kappa shape index (κ3) is 4.27. The van der Waals surface area contributed by atoms with Crippen molar-refractivity contribution >= 4 is 28.5 Å². The summed E-state index contributed by atoms with van der Waals surface area (Å²) in [7, 11) is -3.33. The van der Waals surface area contributed by atoms with Gasteiger partial charge in [-0.05, 0) is 33.4 Å². The number of aromatic hydroxyl groups is 1. The molecule has 0 heterocycles. The van der Waals surface area contributed by atoms with Crippen LogP contribution in [0.25, 0.3) is 10.8 Å². The molecule has 2 nitrogen and oxygen atoms in total. The second-order valence-corrected chi connectivity index (χ2v) is 13.2. The van der Waals surface area contributed by atoms with Gasteiger partial charge in [-0.25, -0.2) is 0 Å². The van der Waals surface area contributed by atoms with Crippen molar-refractivity contribution in [1.29, 1.82) is 0 Å². The van der Waals surface area contributed by atoms with Gasteiger partial charge in [-0.3, -0.25) is 0 Å². The predicted octanol–water partition coefficient (Wildman–Crippen LogP) is 7.95. The van der Waals surface area contributed by atoms with Crippen LogP contribution in [0.3, 0.4) is 0 Å². The Kier molecular flexibility index (Phi) is 6.33. The maximum absolute atomic E-state index is 15.7. The number of hydrogen-bond acceptors (Lipinski definition) is 2. The fourth-order valence-corrected chi connectivity index (χ4v) is 8.39. The molecule has 0 amide bonds. The van der Waals surface area contributed by atoms with Crippen LogP contribution in [0.1, 0.15) is 43.1 Å². The fourth-order valence-electron chi connectivity index (χ4n) is 5.04. The van der Waals surface area contributed by atoms with E-state index >= 15 is 4.57 Å². The Balaban J connectivity index is 1.88. The maximum atomic E-state index is 15.7. The Labute approximate surface area is 213 Å². The van der Waals surface area contributed by atoms with E-state index in [2.05, 4.69) is 45.0 Å². The third-order valence-electron chi connectivity index (χ3n) is 6.96. The first-order chi connectivity index (χ1) is 17.3. The lowest BCUT2D eigenvalue weighted by Gasteiger charge is -2.31. The number of hydrogen-bond donors (Lipinski definition) is 1. The summed E-state index contributed by atoms with van der Waals surface area (Å²) in [6, 6.07) is 39.5. The normalized spacial score (nSPS) is 13.0. The van der Waals surface area contributed by atoms with Crippen molar-refractivity contribution in [3.63, 3.8) is 0 Å². The summed E-state index contributed by atoms with van der Waals surface area (Å²) in [5.41, 5.74) is 2.26. The molecular weight excluding hydrogens is 459 g/mol. The lowest BCUT2D eigenvalue weighted by atomic mass is 9.86. The molecule has 180 valence electrons. The minimum Gasteiger partial charge on any atom is -0.508 e. The molecule has 5 rings (SSSR count). The molecular formula is C33H31O2P. The average Bonchev–Trinajstić information content (AvgIpc) is 2.91. The van der Waals surface area contributed by atoms with Crippen molar-refractivity contribution in [1.82, 2.24) is 0 Å². The molecule has 3 heteroatoms. The van der Waals surface area contributed by atoms with Gasteiger partial charge in [0, 0.05) is 16.2 Å². The van der Waals surface area contributed by atoms with E-state index in [1.807, 2.05) is 91.0 Å². The third-order valence-corrected chi connectivity index (χ3v) is 10.4. The van der Waals surface area contributed by atoms with Crippen LogP contribution in [0.5, 0.6) is 5.75 Å². The highest BCUT2D eigenvalue weighted by atomic mass is 31.2. The quantitative estimate of drug-likeness (QED) is 0.254. The van der Waals surface area contributed by atoms with Crippen LogP contribution in [0.4, 0.5) is 0 Å². The van der Waals surface area contributed by atoms with E-state index in [4.69, 9.17) is 0 Å². The first-order valence-electron chi connectivity index (χ1n) is 12.3. The van der Waals surface area contributed by atoms with Gasteiger partial charge < -0.3 is 9.67 Å². The summed E-state index contributed by atoms with van der Waals surface area (Å²) in [5, 5.41) is 14.8. The van der Waals surface area contributed by atoms with E-state index < -0.39 is 12.8 Å². The minimum atomic E-state index is -3.33. The Bertz CT molecular complexity index is 1490. The van der Waals surface area contributed by atoms with E-state index in [0.717, 1.165) is 26.9 Å². The summed E-state index contributed by atoms with van der Waals surface area (Å²) in [6.07, 6.45) is 0. The van der Waals surface area contributed by atoms with Crippen molar-refractivity contribution in [2.24, 2.45) is 0 Å². The molecule has 36 heavy (non-hydrogen) atoms. The van der Waals surface area contributed by atoms with E-state index in [1.165, 1.54) is 5.56 Å². The van der Waals surface area contributed by atoms with Crippen LogP contribution < -0.4 is 10.6 Å². The summed E-state index contributed by atoms with van der Waals surface area (Å²) in [5.74, 6) is 0.158. The molecule has 0 saturated heterocycles. The van der Waals surface area contributed by atoms with E-state index in [1.54, 1.807) is 6.07 Å². The van der Waals surface area contributed by atoms with E-state index in [9.17, 15) is 5.11 Å². The van der Waals surface area contributed by atoms with Crippen LogP contribution in [-0.4, -0.2) is 5.11 Å². The van der Waals surface area contributed by atoms with Crippen LogP contribution >= 0.6 is 7.14 Å². The maximum Gasteiger partial charge on any atom is 0.154 e. The lowest BCUT2D eigenvalue weighted by molar-refractivity contribution is 0.469. The fraction of sp³-hybridized carbons (Fsp3) is 0.152. The molecule has 0 saturated carbocycles. The molecule has 5 aromatic rings. The lowest BCUT2D eigenvalue weighted by Crippen LogP contribution is -2.22. The SMILES string of the molecule is CC(C)(C)c1ccc(C(c2c(O)ccc3ccccc23)P(=O)(c2ccccc2)c2ccccc2)cc1. The van der Waals surface area contributed by atoms with Crippen LogP contribution in [0, 0.1) is 0 Å². The monoisotopic (exact) mass is 490 g/mol. The topological polar surface area (TPSA) is 37.3 Å². The van der Waals surface area contributed by atoms with Crippen molar-refractivity contribution in [2.75, 3.05) is 0 Å². The predicted molar refractivity (Wildman–Crippen MR) is 152 cm³/mol. The molecule has 0 fully saturated rings. The Morgan fingerprint density at radius 3 is 1.72 bits per heavy atom. The molecule has 5 aromatic carbocycles. The van der Waals surface area contributed by atoms with Gasteiger partial charge in [-0.1, -0.05) is 136 Å². The molecule has 1 unspecified atom stereocenters. The average molecular weight is 491 g/mol. The standard InChI is InChI=1S/C33H31O2P/c1-33(2,3)26-21-18-25(19-22-26)32(31-29-17-11-10-12-24(29)20-23-30(31)34)36(35,27-13-6-4-7-14-27)28-15-8-5-9-16-28/h4-23,32,34H,1-3H3. The summed E-state index contributed by atoms with van der Waals surface area (Å²) < 4.78 is 15.7. The van der Waals surface area contributed by atoms with Gasteiger partial charge in [0.25, 0.3) is 0 Å². The van der Waals surface area contributed by atoms with E-state index in [-0.39, 0.29) is 11.2 Å². The van der Waals surface area contributed by atoms with Gasteiger partial charge in [0.15, 0.2) is 7.14 Å². The first-order valence-corrected chi connectivity index (χ1v) is 14.1. The molecule has 0 aliphatic heterocycles. The van der Waals surface area contributed by atoms with Crippen LogP contribution in [-0.2, 0) is 9.98 Å². The number of phenols is 1. The highest BCUT2D eigenvalue weighted by molar-refractivity contribution is 7.79. The second kappa shape index (κ2) is 9.45. The molecule has 0 bridgehead atoms. The van der Waals surface area contributed by atoms with Gasteiger partial charge in [-0.15, -0.1) is 0 Å². The van der Waals surface area contributed by atoms with Gasteiger partial charge in [-0.2, -0.15) is 0 Å². The smallest absolute Gasteiger partial charge is 0.154 e. The van der Waals surface area contributed by atoms with Crippen molar-refractivity contribution in [3.8, 4) is 5.75 Å². The molecule has 0 radical (unpaired) electrons. The largest absolute Gasteiger partial charge is 0.508 e. The second-order valence-electron chi connectivity index (χ2n) is 10.3. The molecule has 1 N–H and O–H groups in total. The zero-order valence-electron chi connectivity index (χ0n) is 20.9. The summed E-state index contributed by atoms with van der Waals surface area (Å²) in [4.78, 5) is 0. The van der Waals surface area contributed by atoms with Crippen LogP contribution in [0.15, 0.2) is 121 Å². The van der Waals surface area contributed by atoms with Crippen molar-refractivity contribution in [3.05, 3.63) is 138 Å². The van der Waals surface area contributed by atoms with Crippen molar-refractivity contribution in [2.45, 2.75) is 31.8 Å². The highest BCUT2D eigenvalue weighted by Crippen LogP contribution is 2.62. The minimum absolute atomic E-state index is 0.00182. The molecule has 0 aromatic heterocycles. The Morgan fingerprint density at radius 1 is 0.639 bits per heavy atom. The van der Waals surface area contributed by atoms with Gasteiger partial charge >= 0.3 is 0 Å². The van der Waals surface area contributed by atoms with Crippen molar-refractivity contribution < 1.29 is 9.67 Å². The molecule has 0 spiro atoms. The molecule has 0 aliphatic rings. The number of fused-ring (bicyclic) bond motifs is 1. The number of phenolic OH excluding ortho intramolecular Hbond substituents is 1. The Hall–Kier alpha value is -3.61. The number of benzene rings is 5. The molecule has 1 atom stereocenters. The Morgan fingerprint density at radius 2 is 1.17 bits per heavy atom.